The number of carbonyl (C=O) groups is 3. The Balaban J connectivity index is 1.35. The molecule has 0 bridgehead atoms. The zero-order valence-electron chi connectivity index (χ0n) is 24.7. The number of piperazine rings is 1. The summed E-state index contributed by atoms with van der Waals surface area (Å²) in [5, 5.41) is 13.3. The van der Waals surface area contributed by atoms with Crippen LogP contribution in [0.3, 0.4) is 0 Å². The van der Waals surface area contributed by atoms with Crippen molar-refractivity contribution in [1.29, 1.82) is 0 Å². The maximum atomic E-state index is 14.1. The summed E-state index contributed by atoms with van der Waals surface area (Å²) in [6, 6.07) is 13.2. The Labute approximate surface area is 247 Å². The number of nitrogens with one attached hydrogen (secondary N) is 1. The predicted octanol–water partition coefficient (Wildman–Crippen LogP) is 1.73. The molecule has 3 amide bonds. The van der Waals surface area contributed by atoms with Gasteiger partial charge in [-0.15, -0.1) is 0 Å². The van der Waals surface area contributed by atoms with Crippen LogP contribution in [-0.4, -0.2) is 86.3 Å². The average Bonchev–Trinajstić information content (AvgIpc) is 3.38. The topological polar surface area (TPSA) is 123 Å². The van der Waals surface area contributed by atoms with Crippen molar-refractivity contribution in [2.75, 3.05) is 43.1 Å². The minimum atomic E-state index is -2.96. The highest BCUT2D eigenvalue weighted by Gasteiger charge is 2.66. The van der Waals surface area contributed by atoms with E-state index >= 15 is 0 Å². The second kappa shape index (κ2) is 10.6. The highest BCUT2D eigenvalue weighted by Crippen LogP contribution is 2.59. The van der Waals surface area contributed by atoms with Gasteiger partial charge in [0.05, 0.1) is 37.4 Å². The van der Waals surface area contributed by atoms with Gasteiger partial charge in [-0.2, -0.15) is 0 Å². The van der Waals surface area contributed by atoms with E-state index < -0.39 is 31.5 Å². The van der Waals surface area contributed by atoms with Crippen molar-refractivity contribution in [3.8, 4) is 0 Å². The van der Waals surface area contributed by atoms with E-state index in [0.29, 0.717) is 43.0 Å². The molecule has 2 aromatic rings. The molecule has 0 aliphatic carbocycles. The van der Waals surface area contributed by atoms with Gasteiger partial charge < -0.3 is 34.7 Å². The molecule has 0 unspecified atom stereocenters. The van der Waals surface area contributed by atoms with Crippen LogP contribution in [0.15, 0.2) is 42.5 Å². The highest BCUT2D eigenvalue weighted by atomic mass is 28.4. The van der Waals surface area contributed by atoms with E-state index in [1.165, 1.54) is 0 Å². The van der Waals surface area contributed by atoms with Gasteiger partial charge >= 0.3 is 0 Å². The number of hydrogen-bond acceptors (Lipinski definition) is 7. The molecule has 0 aromatic heterocycles. The molecule has 5 atom stereocenters. The van der Waals surface area contributed by atoms with Crippen LogP contribution in [0.25, 0.3) is 0 Å². The minimum absolute atomic E-state index is 0.00525. The number of anilines is 2. The van der Waals surface area contributed by atoms with Crippen LogP contribution >= 0.6 is 0 Å². The van der Waals surface area contributed by atoms with E-state index in [1.54, 1.807) is 21.7 Å². The number of hydrogen-bond donors (Lipinski definition) is 3. The third-order valence-corrected chi connectivity index (χ3v) is 12.3. The van der Waals surface area contributed by atoms with E-state index in [2.05, 4.69) is 5.32 Å². The molecule has 2 fully saturated rings. The Bertz CT molecular complexity index is 1430. The molecule has 4 heterocycles. The first-order chi connectivity index (χ1) is 20.0. The predicted molar refractivity (Wildman–Crippen MR) is 160 cm³/mol. The fraction of sp³-hybridized carbons (Fsp3) is 0.516. The fourth-order valence-corrected chi connectivity index (χ4v) is 10.3. The molecular formula is C31H40N4O6Si. The van der Waals surface area contributed by atoms with Gasteiger partial charge in [-0.25, -0.2) is 0 Å². The number of fused-ring (bicyclic) bond motifs is 3. The number of aliphatic hydroxyl groups is 1. The average molecular weight is 593 g/mol. The number of likely N-dealkylation sites (N-methyl/N-ethyl adjacent to an activating group) is 1. The van der Waals surface area contributed by atoms with E-state index in [1.807, 2.05) is 62.5 Å². The van der Waals surface area contributed by atoms with Crippen molar-refractivity contribution >= 4 is 37.4 Å². The Morgan fingerprint density at radius 3 is 2.60 bits per heavy atom. The molecular weight excluding hydrogens is 552 g/mol. The molecule has 11 heteroatoms. The minimum Gasteiger partial charge on any atom is -0.432 e. The lowest BCUT2D eigenvalue weighted by Crippen LogP contribution is -2.48. The number of carbonyl (C=O) groups excluding carboxylic acids is 3. The summed E-state index contributed by atoms with van der Waals surface area (Å²) in [6.07, 6.45) is -0.129. The first-order valence-corrected chi connectivity index (χ1v) is 17.8. The van der Waals surface area contributed by atoms with Gasteiger partial charge in [0.1, 0.15) is 0 Å². The largest absolute Gasteiger partial charge is 0.432 e. The monoisotopic (exact) mass is 592 g/mol. The number of aliphatic hydroxyl groups excluding tert-OH is 1. The van der Waals surface area contributed by atoms with Crippen molar-refractivity contribution in [3.05, 3.63) is 59.2 Å². The molecule has 4 aliphatic rings. The van der Waals surface area contributed by atoms with Crippen LogP contribution in [0.5, 0.6) is 0 Å². The SMILES string of the molecule is C[C@@H]1[C@@H]([Si](C)(C)O)[C@H](CC(=O)N2Cc3ccccc3C[C@H]2CO)O[C@@]12C(=O)N(C)c1ccc(N3CCNCC3=O)cc12. The fourth-order valence-electron chi connectivity index (χ4n) is 7.75. The molecule has 0 radical (unpaired) electrons. The van der Waals surface area contributed by atoms with Crippen LogP contribution in [-0.2, 0) is 37.7 Å². The van der Waals surface area contributed by atoms with Gasteiger partial charge in [-0.05, 0) is 48.8 Å². The lowest BCUT2D eigenvalue weighted by atomic mass is 9.82. The second-order valence-electron chi connectivity index (χ2n) is 12.7. The van der Waals surface area contributed by atoms with Crippen LogP contribution < -0.4 is 15.1 Å². The van der Waals surface area contributed by atoms with E-state index in [4.69, 9.17) is 4.74 Å². The number of benzene rings is 2. The maximum absolute atomic E-state index is 14.1. The highest BCUT2D eigenvalue weighted by molar-refractivity contribution is 6.71. The van der Waals surface area contributed by atoms with Crippen LogP contribution in [0.4, 0.5) is 11.4 Å². The molecule has 6 rings (SSSR count). The maximum Gasteiger partial charge on any atom is 0.264 e. The van der Waals surface area contributed by atoms with Crippen molar-refractivity contribution in [1.82, 2.24) is 10.2 Å². The summed E-state index contributed by atoms with van der Waals surface area (Å²) in [6.45, 7) is 7.30. The van der Waals surface area contributed by atoms with Gasteiger partial charge in [0.25, 0.3) is 5.91 Å². The molecule has 1 spiro atoms. The molecule has 42 heavy (non-hydrogen) atoms. The van der Waals surface area contributed by atoms with Gasteiger partial charge in [0, 0.05) is 49.4 Å². The smallest absolute Gasteiger partial charge is 0.264 e. The summed E-state index contributed by atoms with van der Waals surface area (Å²) in [5.41, 5.74) is 2.47. The van der Waals surface area contributed by atoms with Crippen molar-refractivity contribution in [3.63, 3.8) is 0 Å². The summed E-state index contributed by atoms with van der Waals surface area (Å²) in [4.78, 5) is 57.3. The lowest BCUT2D eigenvalue weighted by molar-refractivity contribution is -0.150. The molecule has 2 saturated heterocycles. The standard InChI is InChI=1S/C31H40N4O6Si/c1-19-29(42(3,4)40)26(15-27(37)35-17-21-8-6-5-7-20(21)13-23(35)18-36)41-31(19)24-14-22(34-12-11-32-16-28(34)38)9-10-25(24)33(2)30(31)39/h5-10,14,19,23,26,29,32,36,40H,11-13,15-18H2,1-4H3/t19-,23+,26+,29-,31+/m1/s1. The first-order valence-electron chi connectivity index (χ1n) is 14.8. The Morgan fingerprint density at radius 2 is 1.90 bits per heavy atom. The Morgan fingerprint density at radius 1 is 1.17 bits per heavy atom. The van der Waals surface area contributed by atoms with Crippen LogP contribution in [0.2, 0.25) is 18.6 Å². The van der Waals surface area contributed by atoms with Crippen molar-refractivity contribution in [2.24, 2.45) is 5.92 Å². The van der Waals surface area contributed by atoms with Gasteiger partial charge in [0.15, 0.2) is 13.9 Å². The third kappa shape index (κ3) is 4.49. The third-order valence-electron chi connectivity index (χ3n) is 9.76. The zero-order chi connectivity index (χ0) is 30.0. The van der Waals surface area contributed by atoms with Crippen LogP contribution in [0, 0.1) is 5.92 Å². The van der Waals surface area contributed by atoms with Crippen molar-refractivity contribution < 1.29 is 29.0 Å². The number of rotatable bonds is 5. The zero-order valence-corrected chi connectivity index (χ0v) is 25.7. The molecule has 0 saturated carbocycles. The number of amides is 3. The van der Waals surface area contributed by atoms with Gasteiger partial charge in [0.2, 0.25) is 11.8 Å². The molecule has 2 aromatic carbocycles. The quantitative estimate of drug-likeness (QED) is 0.452. The van der Waals surface area contributed by atoms with Crippen LogP contribution in [0.1, 0.15) is 30.0 Å². The van der Waals surface area contributed by atoms with E-state index in [9.17, 15) is 24.3 Å². The number of ether oxygens (including phenoxy) is 1. The second-order valence-corrected chi connectivity index (χ2v) is 16.7. The molecule has 10 nitrogen and oxygen atoms in total. The normalized spacial score (nSPS) is 29.3. The van der Waals surface area contributed by atoms with E-state index in [-0.39, 0.29) is 43.3 Å². The Hall–Kier alpha value is -3.09. The summed E-state index contributed by atoms with van der Waals surface area (Å²) < 4.78 is 6.80. The number of nitrogens with zero attached hydrogens (tertiary/aromatic N) is 3. The van der Waals surface area contributed by atoms with Gasteiger partial charge in [-0.1, -0.05) is 31.2 Å². The first kappa shape index (κ1) is 29.0. The lowest BCUT2D eigenvalue weighted by Gasteiger charge is -2.37. The molecule has 224 valence electrons. The van der Waals surface area contributed by atoms with Crippen molar-refractivity contribution in [2.45, 2.75) is 62.7 Å². The summed E-state index contributed by atoms with van der Waals surface area (Å²) in [5.74, 6) is -0.852. The summed E-state index contributed by atoms with van der Waals surface area (Å²) in [7, 11) is -1.25. The molecule has 3 N–H and O–H groups in total. The van der Waals surface area contributed by atoms with E-state index in [0.717, 1.165) is 11.1 Å². The van der Waals surface area contributed by atoms with Gasteiger partial charge in [-0.3, -0.25) is 14.4 Å². The molecule has 4 aliphatic heterocycles. The summed E-state index contributed by atoms with van der Waals surface area (Å²) >= 11 is 0. The Kier molecular flexibility index (Phi) is 7.30.